The van der Waals surface area contributed by atoms with E-state index < -0.39 is 6.10 Å². The van der Waals surface area contributed by atoms with Gasteiger partial charge in [0.2, 0.25) is 0 Å². The van der Waals surface area contributed by atoms with Crippen LogP contribution in [0, 0.1) is 5.82 Å². The SMILES string of the molecule is CCCCN(CCCC)CCC(O)c1cccc(F)c1. The lowest BCUT2D eigenvalue weighted by molar-refractivity contribution is 0.140. The molecule has 0 amide bonds. The number of rotatable bonds is 10. The number of halogens is 1. The molecule has 0 aliphatic carbocycles. The molecule has 0 radical (unpaired) electrons. The van der Waals surface area contributed by atoms with Crippen LogP contribution in [0.15, 0.2) is 24.3 Å². The minimum Gasteiger partial charge on any atom is -0.388 e. The van der Waals surface area contributed by atoms with Crippen molar-refractivity contribution < 1.29 is 9.50 Å². The maximum absolute atomic E-state index is 13.1. The van der Waals surface area contributed by atoms with Crippen molar-refractivity contribution in [2.24, 2.45) is 0 Å². The second-order valence-electron chi connectivity index (χ2n) is 5.41. The Morgan fingerprint density at radius 3 is 2.30 bits per heavy atom. The van der Waals surface area contributed by atoms with E-state index in [1.165, 1.54) is 37.8 Å². The first-order valence-electron chi connectivity index (χ1n) is 7.83. The van der Waals surface area contributed by atoms with E-state index in [0.717, 1.165) is 19.6 Å². The van der Waals surface area contributed by atoms with Crippen molar-refractivity contribution in [2.45, 2.75) is 52.1 Å². The highest BCUT2D eigenvalue weighted by atomic mass is 19.1. The highest BCUT2D eigenvalue weighted by molar-refractivity contribution is 5.18. The van der Waals surface area contributed by atoms with Gasteiger partial charge in [0.1, 0.15) is 5.82 Å². The summed E-state index contributed by atoms with van der Waals surface area (Å²) in [5, 5.41) is 10.2. The van der Waals surface area contributed by atoms with Crippen molar-refractivity contribution in [3.05, 3.63) is 35.6 Å². The van der Waals surface area contributed by atoms with Gasteiger partial charge in [0.05, 0.1) is 6.10 Å². The van der Waals surface area contributed by atoms with Crippen molar-refractivity contribution in [1.29, 1.82) is 0 Å². The summed E-state index contributed by atoms with van der Waals surface area (Å²) in [4.78, 5) is 2.41. The van der Waals surface area contributed by atoms with Gasteiger partial charge in [-0.2, -0.15) is 0 Å². The van der Waals surface area contributed by atoms with Gasteiger partial charge < -0.3 is 10.0 Å². The second-order valence-corrected chi connectivity index (χ2v) is 5.41. The Hall–Kier alpha value is -0.930. The van der Waals surface area contributed by atoms with E-state index in [0.29, 0.717) is 12.0 Å². The van der Waals surface area contributed by atoms with E-state index in [4.69, 9.17) is 0 Å². The molecule has 1 aromatic carbocycles. The zero-order valence-electron chi connectivity index (χ0n) is 12.8. The van der Waals surface area contributed by atoms with Crippen molar-refractivity contribution in [3.63, 3.8) is 0 Å². The molecule has 0 aliphatic heterocycles. The lowest BCUT2D eigenvalue weighted by Gasteiger charge is -2.23. The summed E-state index contributed by atoms with van der Waals surface area (Å²) in [6.07, 6.45) is 4.86. The third-order valence-electron chi connectivity index (χ3n) is 3.61. The molecule has 0 heterocycles. The molecule has 0 saturated heterocycles. The molecular formula is C17H28FNO. The van der Waals surface area contributed by atoms with Gasteiger partial charge in [-0.1, -0.05) is 38.8 Å². The number of benzene rings is 1. The van der Waals surface area contributed by atoms with Gasteiger partial charge in [-0.05, 0) is 50.0 Å². The predicted molar refractivity (Wildman–Crippen MR) is 82.2 cm³/mol. The minimum atomic E-state index is -0.573. The average molecular weight is 281 g/mol. The fourth-order valence-electron chi connectivity index (χ4n) is 2.28. The fraction of sp³-hybridized carbons (Fsp3) is 0.647. The maximum atomic E-state index is 13.1. The summed E-state index contributed by atoms with van der Waals surface area (Å²) < 4.78 is 13.1. The molecule has 0 saturated carbocycles. The van der Waals surface area contributed by atoms with Crippen LogP contribution < -0.4 is 0 Å². The van der Waals surface area contributed by atoms with Crippen molar-refractivity contribution in [3.8, 4) is 0 Å². The standard InChI is InChI=1S/C17H28FNO/c1-3-5-11-19(12-6-4-2)13-10-17(20)15-8-7-9-16(18)14-15/h7-9,14,17,20H,3-6,10-13H2,1-2H3. The Morgan fingerprint density at radius 2 is 1.75 bits per heavy atom. The largest absolute Gasteiger partial charge is 0.388 e. The summed E-state index contributed by atoms with van der Waals surface area (Å²) in [5.41, 5.74) is 0.677. The number of hydrogen-bond donors (Lipinski definition) is 1. The van der Waals surface area contributed by atoms with Crippen LogP contribution in [0.1, 0.15) is 57.6 Å². The monoisotopic (exact) mass is 281 g/mol. The normalized spacial score (nSPS) is 12.8. The quantitative estimate of drug-likeness (QED) is 0.696. The number of aliphatic hydroxyl groups excluding tert-OH is 1. The molecule has 0 spiro atoms. The van der Waals surface area contributed by atoms with Crippen molar-refractivity contribution >= 4 is 0 Å². The number of hydrogen-bond acceptors (Lipinski definition) is 2. The molecule has 1 unspecified atom stereocenters. The predicted octanol–water partition coefficient (Wildman–Crippen LogP) is 4.15. The molecule has 1 rings (SSSR count). The Balaban J connectivity index is 2.44. The molecule has 2 nitrogen and oxygen atoms in total. The van der Waals surface area contributed by atoms with E-state index in [1.807, 2.05) is 0 Å². The molecule has 0 aliphatic rings. The van der Waals surface area contributed by atoms with Gasteiger partial charge >= 0.3 is 0 Å². The van der Waals surface area contributed by atoms with Crippen molar-refractivity contribution in [2.75, 3.05) is 19.6 Å². The van der Waals surface area contributed by atoms with Crippen LogP contribution >= 0.6 is 0 Å². The second kappa shape index (κ2) is 9.89. The summed E-state index contributed by atoms with van der Waals surface area (Å²) in [6, 6.07) is 6.27. The Morgan fingerprint density at radius 1 is 1.10 bits per heavy atom. The van der Waals surface area contributed by atoms with Gasteiger partial charge in [0.15, 0.2) is 0 Å². The van der Waals surface area contributed by atoms with Crippen LogP contribution in [-0.2, 0) is 0 Å². The van der Waals surface area contributed by atoms with Gasteiger partial charge in [-0.15, -0.1) is 0 Å². The zero-order valence-corrected chi connectivity index (χ0v) is 12.8. The number of unbranched alkanes of at least 4 members (excludes halogenated alkanes) is 2. The summed E-state index contributed by atoms with van der Waals surface area (Å²) in [6.45, 7) is 7.44. The molecule has 1 atom stereocenters. The highest BCUT2D eigenvalue weighted by Gasteiger charge is 2.11. The van der Waals surface area contributed by atoms with Gasteiger partial charge in [0.25, 0.3) is 0 Å². The summed E-state index contributed by atoms with van der Waals surface area (Å²) in [7, 11) is 0. The Labute approximate surface area is 122 Å². The van der Waals surface area contributed by atoms with Gasteiger partial charge in [-0.25, -0.2) is 4.39 Å². The molecule has 3 heteroatoms. The first-order valence-corrected chi connectivity index (χ1v) is 7.83. The molecule has 1 aromatic rings. The molecular weight excluding hydrogens is 253 g/mol. The lowest BCUT2D eigenvalue weighted by atomic mass is 10.1. The van der Waals surface area contributed by atoms with E-state index in [1.54, 1.807) is 12.1 Å². The topological polar surface area (TPSA) is 23.5 Å². The third kappa shape index (κ3) is 6.49. The average Bonchev–Trinajstić information content (AvgIpc) is 2.46. The smallest absolute Gasteiger partial charge is 0.123 e. The lowest BCUT2D eigenvalue weighted by Crippen LogP contribution is -2.28. The van der Waals surface area contributed by atoms with Gasteiger partial charge in [0, 0.05) is 6.54 Å². The molecule has 0 fully saturated rings. The van der Waals surface area contributed by atoms with Crippen LogP contribution in [0.3, 0.4) is 0 Å². The number of aliphatic hydroxyl groups is 1. The van der Waals surface area contributed by atoms with E-state index >= 15 is 0 Å². The summed E-state index contributed by atoms with van der Waals surface area (Å²) in [5.74, 6) is -0.282. The minimum absolute atomic E-state index is 0.282. The van der Waals surface area contributed by atoms with Crippen molar-refractivity contribution in [1.82, 2.24) is 4.90 Å². The fourth-order valence-corrected chi connectivity index (χ4v) is 2.28. The van der Waals surface area contributed by atoms with Crippen LogP contribution in [0.4, 0.5) is 4.39 Å². The first kappa shape index (κ1) is 17.1. The Kier molecular flexibility index (Phi) is 8.47. The summed E-state index contributed by atoms with van der Waals surface area (Å²) >= 11 is 0. The zero-order chi connectivity index (χ0) is 14.8. The van der Waals surface area contributed by atoms with E-state index in [9.17, 15) is 9.50 Å². The molecule has 0 bridgehead atoms. The van der Waals surface area contributed by atoms with Crippen LogP contribution in [0.25, 0.3) is 0 Å². The number of nitrogens with zero attached hydrogens (tertiary/aromatic N) is 1. The molecule has 1 N–H and O–H groups in total. The Bertz CT molecular complexity index is 362. The first-order chi connectivity index (χ1) is 9.67. The van der Waals surface area contributed by atoms with Crippen LogP contribution in [0.5, 0.6) is 0 Å². The third-order valence-corrected chi connectivity index (χ3v) is 3.61. The molecule has 114 valence electrons. The van der Waals surface area contributed by atoms with E-state index in [-0.39, 0.29) is 5.82 Å². The van der Waals surface area contributed by atoms with E-state index in [2.05, 4.69) is 18.7 Å². The van der Waals surface area contributed by atoms with Crippen LogP contribution in [-0.4, -0.2) is 29.6 Å². The molecule has 20 heavy (non-hydrogen) atoms. The molecule has 0 aromatic heterocycles. The van der Waals surface area contributed by atoms with Gasteiger partial charge in [-0.3, -0.25) is 0 Å². The highest BCUT2D eigenvalue weighted by Crippen LogP contribution is 2.18. The van der Waals surface area contributed by atoms with Crippen LogP contribution in [0.2, 0.25) is 0 Å². The maximum Gasteiger partial charge on any atom is 0.123 e.